The van der Waals surface area contributed by atoms with Gasteiger partial charge in [-0.2, -0.15) is 0 Å². The smallest absolute Gasteiger partial charge is 0.410 e. The third-order valence-corrected chi connectivity index (χ3v) is 5.94. The van der Waals surface area contributed by atoms with Gasteiger partial charge in [0.1, 0.15) is 42.5 Å². The Kier molecular flexibility index (Phi) is 6.19. The number of amides is 1. The van der Waals surface area contributed by atoms with Crippen LogP contribution in [0.3, 0.4) is 0 Å². The molecule has 2 aliphatic rings. The summed E-state index contributed by atoms with van der Waals surface area (Å²) in [6.07, 6.45) is 5.31. The largest absolute Gasteiger partial charge is 0.488 e. The Balaban J connectivity index is 1.42. The van der Waals surface area contributed by atoms with Crippen molar-refractivity contribution in [2.45, 2.75) is 33.0 Å². The minimum Gasteiger partial charge on any atom is -0.488 e. The second-order valence-corrected chi connectivity index (χ2v) is 9.65. The molecule has 2 aliphatic heterocycles. The fourth-order valence-corrected chi connectivity index (χ4v) is 4.29. The molecule has 182 valence electrons. The van der Waals surface area contributed by atoms with E-state index in [1.165, 1.54) is 0 Å². The Bertz CT molecular complexity index is 1250. The van der Waals surface area contributed by atoms with Crippen molar-refractivity contribution < 1.29 is 19.0 Å². The van der Waals surface area contributed by atoms with E-state index in [-0.39, 0.29) is 6.09 Å². The summed E-state index contributed by atoms with van der Waals surface area (Å²) in [6.45, 7) is 8.96. The first kappa shape index (κ1) is 23.0. The minimum absolute atomic E-state index is 0.282. The second-order valence-electron chi connectivity index (χ2n) is 9.65. The number of hydrogen-bond acceptors (Lipinski definition) is 7. The molecule has 0 N–H and O–H groups in total. The summed E-state index contributed by atoms with van der Waals surface area (Å²) in [4.78, 5) is 25.6. The van der Waals surface area contributed by atoms with Crippen LogP contribution in [0.15, 0.2) is 48.8 Å². The second kappa shape index (κ2) is 9.44. The fourth-order valence-electron chi connectivity index (χ4n) is 4.29. The van der Waals surface area contributed by atoms with Crippen LogP contribution < -0.4 is 14.4 Å². The zero-order valence-corrected chi connectivity index (χ0v) is 20.4. The van der Waals surface area contributed by atoms with Crippen molar-refractivity contribution in [3.05, 3.63) is 59.9 Å². The Labute approximate surface area is 205 Å². The molecule has 0 radical (unpaired) electrons. The van der Waals surface area contributed by atoms with Gasteiger partial charge in [0.05, 0.1) is 16.5 Å². The fraction of sp³-hybridized carbons (Fsp3) is 0.370. The van der Waals surface area contributed by atoms with E-state index in [2.05, 4.69) is 14.9 Å². The molecule has 3 heterocycles. The first-order chi connectivity index (χ1) is 16.9. The van der Waals surface area contributed by atoms with Crippen molar-refractivity contribution >= 4 is 28.9 Å². The van der Waals surface area contributed by atoms with Gasteiger partial charge < -0.3 is 24.0 Å². The van der Waals surface area contributed by atoms with Gasteiger partial charge in [-0.05, 0) is 38.5 Å². The van der Waals surface area contributed by atoms with Crippen molar-refractivity contribution in [1.82, 2.24) is 14.9 Å². The normalized spacial score (nSPS) is 15.5. The van der Waals surface area contributed by atoms with E-state index in [1.54, 1.807) is 11.2 Å². The summed E-state index contributed by atoms with van der Waals surface area (Å²) in [7, 11) is 0. The maximum absolute atomic E-state index is 12.5. The van der Waals surface area contributed by atoms with Gasteiger partial charge in [0.25, 0.3) is 0 Å². The zero-order valence-electron chi connectivity index (χ0n) is 20.4. The lowest BCUT2D eigenvalue weighted by Gasteiger charge is -2.36. The Hall–Kier alpha value is -3.81. The molecular formula is C27H30N4O4. The van der Waals surface area contributed by atoms with E-state index in [4.69, 9.17) is 14.2 Å². The average Bonchev–Trinajstić information content (AvgIpc) is 2.86. The molecule has 1 amide bonds. The summed E-state index contributed by atoms with van der Waals surface area (Å²) in [5, 5.41) is 0.865. The monoisotopic (exact) mass is 474 g/mol. The summed E-state index contributed by atoms with van der Waals surface area (Å²) >= 11 is 0. The van der Waals surface area contributed by atoms with Crippen molar-refractivity contribution in [1.29, 1.82) is 0 Å². The van der Waals surface area contributed by atoms with E-state index in [1.807, 2.05) is 69.3 Å². The number of anilines is 1. The van der Waals surface area contributed by atoms with Crippen LogP contribution >= 0.6 is 0 Å². The predicted octanol–water partition coefficient (Wildman–Crippen LogP) is 4.67. The van der Waals surface area contributed by atoms with Crippen LogP contribution in [-0.4, -0.2) is 59.3 Å². The minimum atomic E-state index is -0.513. The van der Waals surface area contributed by atoms with Crippen LogP contribution in [-0.2, 0) is 11.3 Å². The highest BCUT2D eigenvalue weighted by atomic mass is 16.6. The van der Waals surface area contributed by atoms with Crippen LogP contribution in [0.25, 0.3) is 17.0 Å². The number of piperazine rings is 1. The van der Waals surface area contributed by atoms with Crippen LogP contribution in [0.1, 0.15) is 31.9 Å². The molecule has 0 saturated carbocycles. The Morgan fingerprint density at radius 3 is 2.60 bits per heavy atom. The molecule has 8 heteroatoms. The summed E-state index contributed by atoms with van der Waals surface area (Å²) < 4.78 is 17.9. The molecule has 2 aromatic carbocycles. The molecule has 0 spiro atoms. The molecule has 3 aromatic rings. The standard InChI is InChI=1S/C27H30N4O4/c1-27(2,3)35-26(32)31-13-11-30(12-14-31)25-23-21(28-18-29-25)16-22(20-10-7-15-33-24(20)23)34-17-19-8-5-4-6-9-19/h4-10,16,18H,11-15,17H2,1-3H3. The van der Waals surface area contributed by atoms with Gasteiger partial charge in [-0.15, -0.1) is 0 Å². The summed E-state index contributed by atoms with van der Waals surface area (Å²) in [5.74, 6) is 2.27. The molecule has 0 aliphatic carbocycles. The summed E-state index contributed by atoms with van der Waals surface area (Å²) in [6, 6.07) is 12.0. The maximum atomic E-state index is 12.5. The van der Waals surface area contributed by atoms with Crippen molar-refractivity contribution in [2.75, 3.05) is 37.7 Å². The Morgan fingerprint density at radius 1 is 1.09 bits per heavy atom. The third kappa shape index (κ3) is 5.01. The van der Waals surface area contributed by atoms with Crippen LogP contribution in [0, 0.1) is 0 Å². The van der Waals surface area contributed by atoms with Crippen LogP contribution in [0.4, 0.5) is 10.6 Å². The summed E-state index contributed by atoms with van der Waals surface area (Å²) in [5.41, 5.74) is 2.24. The van der Waals surface area contributed by atoms with Gasteiger partial charge in [-0.1, -0.05) is 30.3 Å². The lowest BCUT2D eigenvalue weighted by Crippen LogP contribution is -2.50. The highest BCUT2D eigenvalue weighted by Gasteiger charge is 2.29. The molecule has 0 unspecified atom stereocenters. The number of benzene rings is 2. The molecule has 0 atom stereocenters. The topological polar surface area (TPSA) is 77.0 Å². The van der Waals surface area contributed by atoms with Gasteiger partial charge in [0.2, 0.25) is 0 Å². The van der Waals surface area contributed by atoms with Gasteiger partial charge >= 0.3 is 6.09 Å². The lowest BCUT2D eigenvalue weighted by molar-refractivity contribution is 0.0240. The van der Waals surface area contributed by atoms with Gasteiger partial charge in [0, 0.05) is 32.2 Å². The number of hydrogen-bond donors (Lipinski definition) is 0. The average molecular weight is 475 g/mol. The van der Waals surface area contributed by atoms with Crippen LogP contribution in [0.5, 0.6) is 11.5 Å². The first-order valence-electron chi connectivity index (χ1n) is 11.9. The lowest BCUT2D eigenvalue weighted by atomic mass is 10.0. The molecule has 1 fully saturated rings. The van der Waals surface area contributed by atoms with Gasteiger partial charge in [0.15, 0.2) is 0 Å². The van der Waals surface area contributed by atoms with Gasteiger partial charge in [-0.25, -0.2) is 14.8 Å². The van der Waals surface area contributed by atoms with Crippen molar-refractivity contribution in [2.24, 2.45) is 0 Å². The highest BCUT2D eigenvalue weighted by Crippen LogP contribution is 2.42. The molecule has 5 rings (SSSR count). The molecular weight excluding hydrogens is 444 g/mol. The van der Waals surface area contributed by atoms with Crippen LogP contribution in [0.2, 0.25) is 0 Å². The predicted molar refractivity (Wildman–Crippen MR) is 135 cm³/mol. The number of carbonyl (C=O) groups is 1. The number of nitrogens with zero attached hydrogens (tertiary/aromatic N) is 4. The number of ether oxygens (including phenoxy) is 3. The van der Waals surface area contributed by atoms with Gasteiger partial charge in [-0.3, -0.25) is 0 Å². The van der Waals surface area contributed by atoms with Crippen molar-refractivity contribution in [3.63, 3.8) is 0 Å². The number of fused-ring (bicyclic) bond motifs is 3. The van der Waals surface area contributed by atoms with E-state index >= 15 is 0 Å². The SMILES string of the molecule is CC(C)(C)OC(=O)N1CCN(c2ncnc3cc(OCc4ccccc4)c4c(c23)OCC=C4)CC1. The zero-order chi connectivity index (χ0) is 24.4. The molecule has 0 bridgehead atoms. The number of carbonyl (C=O) groups excluding carboxylic acids is 1. The quantitative estimate of drug-likeness (QED) is 0.544. The highest BCUT2D eigenvalue weighted by molar-refractivity contribution is 5.99. The van der Waals surface area contributed by atoms with E-state index < -0.39 is 5.60 Å². The van der Waals surface area contributed by atoms with E-state index in [0.29, 0.717) is 39.4 Å². The molecule has 8 nitrogen and oxygen atoms in total. The van der Waals surface area contributed by atoms with E-state index in [9.17, 15) is 4.79 Å². The molecule has 1 saturated heterocycles. The van der Waals surface area contributed by atoms with E-state index in [0.717, 1.165) is 39.3 Å². The number of aromatic nitrogens is 2. The Morgan fingerprint density at radius 2 is 1.86 bits per heavy atom. The third-order valence-electron chi connectivity index (χ3n) is 5.94. The molecule has 1 aromatic heterocycles. The maximum Gasteiger partial charge on any atom is 0.410 e. The van der Waals surface area contributed by atoms with Crippen molar-refractivity contribution in [3.8, 4) is 11.5 Å². The number of rotatable bonds is 4. The molecule has 35 heavy (non-hydrogen) atoms. The first-order valence-corrected chi connectivity index (χ1v) is 11.9.